The molecule has 8 heteroatoms. The van der Waals surface area contributed by atoms with Gasteiger partial charge in [-0.3, -0.25) is 0 Å². The Morgan fingerprint density at radius 1 is 1.11 bits per heavy atom. The van der Waals surface area contributed by atoms with E-state index >= 15 is 0 Å². The van der Waals surface area contributed by atoms with Crippen LogP contribution >= 0.6 is 0 Å². The van der Waals surface area contributed by atoms with Crippen LogP contribution < -0.4 is 9.47 Å². The number of hydrogen-bond donors (Lipinski definition) is 0. The first-order chi connectivity index (χ1) is 13.0. The SMILES string of the molecule is COCCOc1cc(S(=O)(=O)N2Cc3cccc(C#N)c3C2)ccc1OC. The molecule has 0 bridgehead atoms. The summed E-state index contributed by atoms with van der Waals surface area (Å²) in [6.07, 6.45) is 0. The molecule has 0 spiro atoms. The monoisotopic (exact) mass is 388 g/mol. The molecule has 27 heavy (non-hydrogen) atoms. The lowest BCUT2D eigenvalue weighted by molar-refractivity contribution is 0.144. The highest BCUT2D eigenvalue weighted by atomic mass is 32.2. The third kappa shape index (κ3) is 3.76. The Labute approximate surface area is 158 Å². The average Bonchev–Trinajstić information content (AvgIpc) is 3.13. The van der Waals surface area contributed by atoms with Crippen molar-refractivity contribution in [2.45, 2.75) is 18.0 Å². The summed E-state index contributed by atoms with van der Waals surface area (Å²) in [6.45, 7) is 1.06. The summed E-state index contributed by atoms with van der Waals surface area (Å²) in [4.78, 5) is 0.113. The Morgan fingerprint density at radius 3 is 2.63 bits per heavy atom. The van der Waals surface area contributed by atoms with Crippen molar-refractivity contribution >= 4 is 10.0 Å². The van der Waals surface area contributed by atoms with Crippen molar-refractivity contribution in [2.24, 2.45) is 0 Å². The average molecular weight is 388 g/mol. The van der Waals surface area contributed by atoms with E-state index in [1.54, 1.807) is 25.3 Å². The Kier molecular flexibility index (Phi) is 5.65. The van der Waals surface area contributed by atoms with Gasteiger partial charge in [0.25, 0.3) is 0 Å². The first-order valence-electron chi connectivity index (χ1n) is 8.32. The zero-order chi connectivity index (χ0) is 19.4. The fourth-order valence-corrected chi connectivity index (χ4v) is 4.38. The van der Waals surface area contributed by atoms with Gasteiger partial charge < -0.3 is 14.2 Å². The van der Waals surface area contributed by atoms with Crippen LogP contribution in [0.3, 0.4) is 0 Å². The molecule has 2 aromatic rings. The smallest absolute Gasteiger partial charge is 0.243 e. The third-order valence-electron chi connectivity index (χ3n) is 4.39. The Hall–Kier alpha value is -2.60. The predicted octanol–water partition coefficient (Wildman–Crippen LogP) is 2.30. The Balaban J connectivity index is 1.90. The van der Waals surface area contributed by atoms with Crippen LogP contribution in [0.25, 0.3) is 0 Å². The van der Waals surface area contributed by atoms with Crippen molar-refractivity contribution in [2.75, 3.05) is 27.4 Å². The predicted molar refractivity (Wildman–Crippen MR) is 98.0 cm³/mol. The second-order valence-corrected chi connectivity index (χ2v) is 7.92. The summed E-state index contributed by atoms with van der Waals surface area (Å²) >= 11 is 0. The first-order valence-corrected chi connectivity index (χ1v) is 9.76. The molecule has 0 fully saturated rings. The zero-order valence-electron chi connectivity index (χ0n) is 15.1. The molecule has 2 aromatic carbocycles. The van der Waals surface area contributed by atoms with Gasteiger partial charge in [0.15, 0.2) is 11.5 Å². The zero-order valence-corrected chi connectivity index (χ0v) is 16.0. The molecule has 1 aliphatic rings. The minimum atomic E-state index is -3.75. The fraction of sp³-hybridized carbons (Fsp3) is 0.316. The lowest BCUT2D eigenvalue weighted by Gasteiger charge is -2.17. The van der Waals surface area contributed by atoms with Crippen LogP contribution in [-0.4, -0.2) is 40.2 Å². The van der Waals surface area contributed by atoms with E-state index in [4.69, 9.17) is 14.2 Å². The van der Waals surface area contributed by atoms with Crippen LogP contribution in [0.2, 0.25) is 0 Å². The molecule has 3 rings (SSSR count). The normalized spacial score (nSPS) is 13.8. The molecule has 7 nitrogen and oxygen atoms in total. The number of hydrogen-bond acceptors (Lipinski definition) is 6. The second kappa shape index (κ2) is 7.96. The molecule has 0 saturated carbocycles. The van der Waals surface area contributed by atoms with E-state index < -0.39 is 10.0 Å². The highest BCUT2D eigenvalue weighted by Crippen LogP contribution is 2.34. The molecular weight excluding hydrogens is 368 g/mol. The molecule has 0 atom stereocenters. The van der Waals surface area contributed by atoms with E-state index in [0.717, 1.165) is 11.1 Å². The molecule has 1 heterocycles. The van der Waals surface area contributed by atoms with E-state index in [1.807, 2.05) is 6.07 Å². The number of fused-ring (bicyclic) bond motifs is 1. The summed E-state index contributed by atoms with van der Waals surface area (Å²) < 4.78 is 43.4. The molecule has 0 amide bonds. The minimum Gasteiger partial charge on any atom is -0.493 e. The first kappa shape index (κ1) is 19.2. The highest BCUT2D eigenvalue weighted by Gasteiger charge is 2.32. The molecule has 1 aliphatic heterocycles. The maximum atomic E-state index is 13.1. The summed E-state index contributed by atoms with van der Waals surface area (Å²) in [5.41, 5.74) is 2.11. The highest BCUT2D eigenvalue weighted by molar-refractivity contribution is 7.89. The second-order valence-electron chi connectivity index (χ2n) is 5.98. The van der Waals surface area contributed by atoms with Crippen molar-refractivity contribution in [1.82, 2.24) is 4.31 Å². The van der Waals surface area contributed by atoms with Crippen molar-refractivity contribution in [3.8, 4) is 17.6 Å². The maximum Gasteiger partial charge on any atom is 0.243 e. The summed E-state index contributed by atoms with van der Waals surface area (Å²) in [5.74, 6) is 0.784. The van der Waals surface area contributed by atoms with E-state index in [9.17, 15) is 13.7 Å². The van der Waals surface area contributed by atoms with Gasteiger partial charge in [0, 0.05) is 26.3 Å². The number of methoxy groups -OCH3 is 2. The van der Waals surface area contributed by atoms with Gasteiger partial charge in [-0.1, -0.05) is 12.1 Å². The van der Waals surface area contributed by atoms with E-state index in [0.29, 0.717) is 23.7 Å². The van der Waals surface area contributed by atoms with Gasteiger partial charge >= 0.3 is 0 Å². The molecule has 0 saturated heterocycles. The van der Waals surface area contributed by atoms with Gasteiger partial charge in [0.2, 0.25) is 10.0 Å². The number of nitrogens with zero attached hydrogens (tertiary/aromatic N) is 2. The lowest BCUT2D eigenvalue weighted by atomic mass is 10.1. The van der Waals surface area contributed by atoms with Gasteiger partial charge in [-0.05, 0) is 29.3 Å². The largest absolute Gasteiger partial charge is 0.493 e. The Bertz CT molecular complexity index is 982. The summed E-state index contributed by atoms with van der Waals surface area (Å²) in [6, 6.07) is 11.9. The lowest BCUT2D eigenvalue weighted by Crippen LogP contribution is -2.25. The number of nitriles is 1. The van der Waals surface area contributed by atoms with Gasteiger partial charge in [-0.15, -0.1) is 0 Å². The number of rotatable bonds is 7. The van der Waals surface area contributed by atoms with Gasteiger partial charge in [0.1, 0.15) is 6.61 Å². The fourth-order valence-electron chi connectivity index (χ4n) is 2.98. The van der Waals surface area contributed by atoms with Crippen molar-refractivity contribution in [1.29, 1.82) is 5.26 Å². The van der Waals surface area contributed by atoms with Crippen LogP contribution in [0.5, 0.6) is 11.5 Å². The summed E-state index contributed by atoms with van der Waals surface area (Å²) in [7, 11) is -0.702. The van der Waals surface area contributed by atoms with Crippen LogP contribution in [0, 0.1) is 11.3 Å². The molecular formula is C19H20N2O5S. The number of benzene rings is 2. The van der Waals surface area contributed by atoms with Crippen molar-refractivity contribution in [3.63, 3.8) is 0 Å². The molecule has 0 aliphatic carbocycles. The van der Waals surface area contributed by atoms with Crippen molar-refractivity contribution < 1.29 is 22.6 Å². The summed E-state index contributed by atoms with van der Waals surface area (Å²) in [5, 5.41) is 9.25. The maximum absolute atomic E-state index is 13.1. The van der Waals surface area contributed by atoms with E-state index in [2.05, 4.69) is 6.07 Å². The molecule has 0 aromatic heterocycles. The van der Waals surface area contributed by atoms with Crippen LogP contribution in [-0.2, 0) is 27.8 Å². The van der Waals surface area contributed by atoms with Crippen molar-refractivity contribution in [3.05, 3.63) is 53.1 Å². The van der Waals surface area contributed by atoms with Crippen LogP contribution in [0.4, 0.5) is 0 Å². The van der Waals surface area contributed by atoms with E-state index in [1.165, 1.54) is 23.5 Å². The minimum absolute atomic E-state index is 0.113. The molecule has 142 valence electrons. The standard InChI is InChI=1S/C19H20N2O5S/c1-24-8-9-26-19-10-16(6-7-18(19)25-2)27(22,23)21-12-15-5-3-4-14(11-20)17(15)13-21/h3-7,10H,8-9,12-13H2,1-2H3. The topological polar surface area (TPSA) is 88.9 Å². The molecule has 0 unspecified atom stereocenters. The van der Waals surface area contributed by atoms with Gasteiger partial charge in [-0.2, -0.15) is 9.57 Å². The van der Waals surface area contributed by atoms with Crippen LogP contribution in [0.15, 0.2) is 41.3 Å². The van der Waals surface area contributed by atoms with Gasteiger partial charge in [-0.25, -0.2) is 8.42 Å². The molecule has 0 radical (unpaired) electrons. The van der Waals surface area contributed by atoms with Crippen LogP contribution in [0.1, 0.15) is 16.7 Å². The molecule has 0 N–H and O–H groups in total. The number of ether oxygens (including phenoxy) is 3. The number of sulfonamides is 1. The quantitative estimate of drug-likeness (QED) is 0.676. The third-order valence-corrected chi connectivity index (χ3v) is 6.18. The van der Waals surface area contributed by atoms with Gasteiger partial charge in [0.05, 0.1) is 30.2 Å². The van der Waals surface area contributed by atoms with E-state index in [-0.39, 0.29) is 24.6 Å². The Morgan fingerprint density at radius 2 is 1.93 bits per heavy atom.